The lowest BCUT2D eigenvalue weighted by Crippen LogP contribution is -2.29. The molecule has 0 aliphatic heterocycles. The molecule has 3 rings (SSSR count). The number of aryl methyl sites for hydroxylation is 1. The van der Waals surface area contributed by atoms with Crippen LogP contribution in [0.25, 0.3) is 0 Å². The monoisotopic (exact) mass is 368 g/mol. The van der Waals surface area contributed by atoms with Gasteiger partial charge in [-0.2, -0.15) is 0 Å². The van der Waals surface area contributed by atoms with Crippen molar-refractivity contribution in [1.29, 1.82) is 0 Å². The minimum absolute atomic E-state index is 0.0198. The molecule has 2 aromatic rings. The second-order valence-corrected chi connectivity index (χ2v) is 6.70. The SMILES string of the molecule is NCC1CCCc2ccc(C(=O)NCCNc3ccccc3[N+](=O)[O-])cc21. The molecule has 142 valence electrons. The first-order valence-corrected chi connectivity index (χ1v) is 9.18. The van der Waals surface area contributed by atoms with Crippen LogP contribution in [0.2, 0.25) is 0 Å². The number of nitrogens with zero attached hydrogens (tertiary/aromatic N) is 1. The van der Waals surface area contributed by atoms with Gasteiger partial charge in [-0.15, -0.1) is 0 Å². The molecule has 27 heavy (non-hydrogen) atoms. The first-order valence-electron chi connectivity index (χ1n) is 9.18. The van der Waals surface area contributed by atoms with Crippen molar-refractivity contribution in [2.75, 3.05) is 25.0 Å². The number of hydrogen-bond donors (Lipinski definition) is 3. The minimum atomic E-state index is -0.429. The van der Waals surface area contributed by atoms with E-state index in [1.165, 1.54) is 17.2 Å². The number of benzene rings is 2. The number of para-hydroxylation sites is 2. The highest BCUT2D eigenvalue weighted by molar-refractivity contribution is 5.94. The highest BCUT2D eigenvalue weighted by Crippen LogP contribution is 2.31. The van der Waals surface area contributed by atoms with E-state index in [2.05, 4.69) is 10.6 Å². The second kappa shape index (κ2) is 8.64. The van der Waals surface area contributed by atoms with Gasteiger partial charge in [-0.25, -0.2) is 0 Å². The van der Waals surface area contributed by atoms with E-state index < -0.39 is 4.92 Å². The zero-order valence-electron chi connectivity index (χ0n) is 15.1. The Hall–Kier alpha value is -2.93. The molecule has 0 saturated carbocycles. The molecule has 0 saturated heterocycles. The fraction of sp³-hybridized carbons (Fsp3) is 0.350. The number of fused-ring (bicyclic) bond motifs is 1. The maximum Gasteiger partial charge on any atom is 0.292 e. The molecule has 1 amide bonds. The number of nitro groups is 1. The van der Waals surface area contributed by atoms with Gasteiger partial charge in [0.1, 0.15) is 5.69 Å². The van der Waals surface area contributed by atoms with E-state index in [9.17, 15) is 14.9 Å². The average molecular weight is 368 g/mol. The van der Waals surface area contributed by atoms with Gasteiger partial charge >= 0.3 is 0 Å². The molecule has 0 fully saturated rings. The lowest BCUT2D eigenvalue weighted by Gasteiger charge is -2.24. The molecule has 0 radical (unpaired) electrons. The van der Waals surface area contributed by atoms with E-state index in [0.717, 1.165) is 19.3 Å². The number of nitrogens with one attached hydrogen (secondary N) is 2. The molecule has 0 bridgehead atoms. The van der Waals surface area contributed by atoms with Crippen LogP contribution in [0.1, 0.15) is 40.2 Å². The van der Waals surface area contributed by atoms with E-state index in [4.69, 9.17) is 5.73 Å². The lowest BCUT2D eigenvalue weighted by molar-refractivity contribution is -0.384. The van der Waals surface area contributed by atoms with Gasteiger partial charge in [0.15, 0.2) is 0 Å². The van der Waals surface area contributed by atoms with Crippen LogP contribution in [0.4, 0.5) is 11.4 Å². The summed E-state index contributed by atoms with van der Waals surface area (Å²) in [6.07, 6.45) is 3.24. The van der Waals surface area contributed by atoms with Gasteiger partial charge in [0, 0.05) is 24.7 Å². The summed E-state index contributed by atoms with van der Waals surface area (Å²) in [6, 6.07) is 12.3. The molecule has 4 N–H and O–H groups in total. The molecule has 1 aliphatic rings. The third-order valence-electron chi connectivity index (χ3n) is 4.96. The zero-order valence-corrected chi connectivity index (χ0v) is 15.1. The summed E-state index contributed by atoms with van der Waals surface area (Å²) in [5, 5.41) is 16.9. The number of hydrogen-bond acceptors (Lipinski definition) is 5. The van der Waals surface area contributed by atoms with Crippen LogP contribution in [0.3, 0.4) is 0 Å². The maximum atomic E-state index is 12.4. The smallest absolute Gasteiger partial charge is 0.292 e. The van der Waals surface area contributed by atoms with E-state index in [-0.39, 0.29) is 11.6 Å². The molecule has 7 heteroatoms. The number of carbonyl (C=O) groups excluding carboxylic acids is 1. The lowest BCUT2D eigenvalue weighted by atomic mass is 9.82. The summed E-state index contributed by atoms with van der Waals surface area (Å²) >= 11 is 0. The number of nitro benzene ring substituents is 1. The molecular formula is C20H24N4O3. The van der Waals surface area contributed by atoms with Crippen molar-refractivity contribution >= 4 is 17.3 Å². The van der Waals surface area contributed by atoms with Crippen LogP contribution >= 0.6 is 0 Å². The Kier molecular flexibility index (Phi) is 6.03. The van der Waals surface area contributed by atoms with Gasteiger partial charge in [-0.05, 0) is 61.1 Å². The molecule has 0 heterocycles. The molecular weight excluding hydrogens is 344 g/mol. The van der Waals surface area contributed by atoms with Crippen LogP contribution in [0, 0.1) is 10.1 Å². The van der Waals surface area contributed by atoms with Crippen molar-refractivity contribution in [2.45, 2.75) is 25.2 Å². The van der Waals surface area contributed by atoms with Crippen LogP contribution in [0.5, 0.6) is 0 Å². The Morgan fingerprint density at radius 3 is 2.81 bits per heavy atom. The van der Waals surface area contributed by atoms with E-state index >= 15 is 0 Å². The Balaban J connectivity index is 1.57. The number of nitrogens with two attached hydrogens (primary N) is 1. The molecule has 0 spiro atoms. The number of carbonyl (C=O) groups is 1. The van der Waals surface area contributed by atoms with Gasteiger partial charge in [-0.1, -0.05) is 18.2 Å². The van der Waals surface area contributed by atoms with Crippen molar-refractivity contribution < 1.29 is 9.72 Å². The quantitative estimate of drug-likeness (QED) is 0.395. The van der Waals surface area contributed by atoms with Crippen LogP contribution in [0.15, 0.2) is 42.5 Å². The predicted octanol–water partition coefficient (Wildman–Crippen LogP) is 2.82. The zero-order chi connectivity index (χ0) is 19.2. The fourth-order valence-corrected chi connectivity index (χ4v) is 3.54. The highest BCUT2D eigenvalue weighted by atomic mass is 16.6. The number of rotatable bonds is 7. The van der Waals surface area contributed by atoms with Crippen LogP contribution in [-0.4, -0.2) is 30.5 Å². The number of amides is 1. The molecule has 1 aliphatic carbocycles. The van der Waals surface area contributed by atoms with Crippen LogP contribution < -0.4 is 16.4 Å². The topological polar surface area (TPSA) is 110 Å². The Morgan fingerprint density at radius 2 is 2.04 bits per heavy atom. The van der Waals surface area contributed by atoms with Crippen molar-refractivity contribution in [3.05, 3.63) is 69.3 Å². The molecule has 2 aromatic carbocycles. The standard InChI is InChI=1S/C20H24N4O3/c21-13-16-5-3-4-14-8-9-15(12-17(14)16)20(25)23-11-10-22-18-6-1-2-7-19(18)24(26)27/h1-2,6-9,12,16,22H,3-5,10-11,13,21H2,(H,23,25). The van der Waals surface area contributed by atoms with Gasteiger partial charge in [-0.3, -0.25) is 14.9 Å². The van der Waals surface area contributed by atoms with Crippen LogP contribution in [-0.2, 0) is 6.42 Å². The van der Waals surface area contributed by atoms with E-state index in [1.807, 2.05) is 18.2 Å². The first-order chi connectivity index (χ1) is 13.1. The molecule has 1 atom stereocenters. The van der Waals surface area contributed by atoms with Gasteiger partial charge < -0.3 is 16.4 Å². The highest BCUT2D eigenvalue weighted by Gasteiger charge is 2.20. The second-order valence-electron chi connectivity index (χ2n) is 6.70. The number of anilines is 1. The minimum Gasteiger partial charge on any atom is -0.378 e. The molecule has 0 aromatic heterocycles. The van der Waals surface area contributed by atoms with E-state index in [0.29, 0.717) is 36.8 Å². The van der Waals surface area contributed by atoms with E-state index in [1.54, 1.807) is 18.2 Å². The molecule has 7 nitrogen and oxygen atoms in total. The summed E-state index contributed by atoms with van der Waals surface area (Å²) in [6.45, 7) is 1.35. The summed E-state index contributed by atoms with van der Waals surface area (Å²) < 4.78 is 0. The van der Waals surface area contributed by atoms with Gasteiger partial charge in [0.25, 0.3) is 11.6 Å². The third kappa shape index (κ3) is 4.43. The predicted molar refractivity (Wildman–Crippen MR) is 105 cm³/mol. The van der Waals surface area contributed by atoms with Crippen molar-refractivity contribution in [3.8, 4) is 0 Å². The summed E-state index contributed by atoms with van der Waals surface area (Å²) in [7, 11) is 0. The van der Waals surface area contributed by atoms with Crippen molar-refractivity contribution in [2.24, 2.45) is 5.73 Å². The average Bonchev–Trinajstić information content (AvgIpc) is 2.70. The maximum absolute atomic E-state index is 12.4. The third-order valence-corrected chi connectivity index (χ3v) is 4.96. The van der Waals surface area contributed by atoms with Gasteiger partial charge in [0.2, 0.25) is 0 Å². The first kappa shape index (κ1) is 18.8. The van der Waals surface area contributed by atoms with Gasteiger partial charge in [0.05, 0.1) is 4.92 Å². The normalized spacial score (nSPS) is 15.7. The summed E-state index contributed by atoms with van der Waals surface area (Å²) in [5.74, 6) is 0.172. The Labute approximate surface area is 158 Å². The van der Waals surface area contributed by atoms with Crippen molar-refractivity contribution in [3.63, 3.8) is 0 Å². The van der Waals surface area contributed by atoms with Crippen molar-refractivity contribution in [1.82, 2.24) is 5.32 Å². The summed E-state index contributed by atoms with van der Waals surface area (Å²) in [5.41, 5.74) is 9.43. The Bertz CT molecular complexity index is 838. The Morgan fingerprint density at radius 1 is 1.22 bits per heavy atom. The summed E-state index contributed by atoms with van der Waals surface area (Å²) in [4.78, 5) is 23.0. The largest absolute Gasteiger partial charge is 0.378 e. The fourth-order valence-electron chi connectivity index (χ4n) is 3.54. The molecule has 1 unspecified atom stereocenters.